The Labute approximate surface area is 209 Å². The molecule has 0 radical (unpaired) electrons. The summed E-state index contributed by atoms with van der Waals surface area (Å²) in [6, 6.07) is 21.5. The Morgan fingerprint density at radius 2 is 1.46 bits per heavy atom. The Bertz CT molecular complexity index is 1290. The van der Waals surface area contributed by atoms with Gasteiger partial charge in [-0.15, -0.1) is 0 Å². The van der Waals surface area contributed by atoms with Gasteiger partial charge in [0.2, 0.25) is 0 Å². The lowest BCUT2D eigenvalue weighted by atomic mass is 10.0. The summed E-state index contributed by atoms with van der Waals surface area (Å²) in [4.78, 5) is 39.4. The van der Waals surface area contributed by atoms with E-state index >= 15 is 0 Å². The molecular formula is C28H26ClN3O3. The van der Waals surface area contributed by atoms with Crippen LogP contribution < -0.4 is 15.5 Å². The van der Waals surface area contributed by atoms with E-state index in [0.29, 0.717) is 28.5 Å². The molecule has 0 atom stereocenters. The van der Waals surface area contributed by atoms with E-state index in [0.717, 1.165) is 16.9 Å². The van der Waals surface area contributed by atoms with Crippen LogP contribution in [0.15, 0.2) is 83.5 Å². The molecular weight excluding hydrogens is 462 g/mol. The first-order valence-electron chi connectivity index (χ1n) is 11.4. The SMILES string of the molecule is CCc1ccc(NC(=O)c2ccc(NC3=C(Cl)C(=O)N(c4ccc(C(C)C)cc4)C3=O)cc2)cc1. The third kappa shape index (κ3) is 5.12. The van der Waals surface area contributed by atoms with Crippen molar-refractivity contribution in [2.24, 2.45) is 0 Å². The van der Waals surface area contributed by atoms with E-state index < -0.39 is 11.8 Å². The summed E-state index contributed by atoms with van der Waals surface area (Å²) in [7, 11) is 0. The fourth-order valence-corrected chi connectivity index (χ4v) is 3.94. The standard InChI is InChI=1S/C28H26ClN3O3/c1-4-18-5-11-22(12-6-18)31-26(33)20-7-13-21(14-8-20)30-25-24(29)27(34)32(28(25)35)23-15-9-19(10-16-23)17(2)3/h5-17,30H,4H2,1-3H3,(H,31,33). The summed E-state index contributed by atoms with van der Waals surface area (Å²) < 4.78 is 0. The zero-order valence-corrected chi connectivity index (χ0v) is 20.5. The molecule has 0 saturated heterocycles. The van der Waals surface area contributed by atoms with Crippen LogP contribution in [-0.2, 0) is 16.0 Å². The van der Waals surface area contributed by atoms with Gasteiger partial charge in [0.15, 0.2) is 0 Å². The van der Waals surface area contributed by atoms with Gasteiger partial charge in [-0.1, -0.05) is 56.6 Å². The average Bonchev–Trinajstić information content (AvgIpc) is 3.08. The smallest absolute Gasteiger partial charge is 0.283 e. The molecule has 0 bridgehead atoms. The van der Waals surface area contributed by atoms with E-state index in [9.17, 15) is 14.4 Å². The van der Waals surface area contributed by atoms with Crippen LogP contribution in [-0.4, -0.2) is 17.7 Å². The van der Waals surface area contributed by atoms with Gasteiger partial charge in [-0.2, -0.15) is 0 Å². The molecule has 6 nitrogen and oxygen atoms in total. The van der Waals surface area contributed by atoms with Crippen LogP contribution >= 0.6 is 11.6 Å². The quantitative estimate of drug-likeness (QED) is 0.397. The molecule has 7 heteroatoms. The molecule has 3 amide bonds. The van der Waals surface area contributed by atoms with Crippen molar-refractivity contribution < 1.29 is 14.4 Å². The Balaban J connectivity index is 1.45. The minimum absolute atomic E-state index is 0.00202. The molecule has 1 aliphatic rings. The molecule has 3 aromatic rings. The van der Waals surface area contributed by atoms with Gasteiger partial charge < -0.3 is 10.6 Å². The number of nitrogens with one attached hydrogen (secondary N) is 2. The molecule has 0 aliphatic carbocycles. The van der Waals surface area contributed by atoms with E-state index in [4.69, 9.17) is 11.6 Å². The number of hydrogen-bond donors (Lipinski definition) is 2. The minimum Gasteiger partial charge on any atom is -0.350 e. The van der Waals surface area contributed by atoms with Crippen molar-refractivity contribution in [1.82, 2.24) is 0 Å². The lowest BCUT2D eigenvalue weighted by Crippen LogP contribution is -2.32. The van der Waals surface area contributed by atoms with Crippen molar-refractivity contribution >= 4 is 46.4 Å². The zero-order valence-electron chi connectivity index (χ0n) is 19.8. The summed E-state index contributed by atoms with van der Waals surface area (Å²) in [6.07, 6.45) is 0.930. The number of rotatable bonds is 7. The van der Waals surface area contributed by atoms with Gasteiger partial charge in [-0.05, 0) is 72.0 Å². The van der Waals surface area contributed by atoms with Crippen molar-refractivity contribution in [2.75, 3.05) is 15.5 Å². The van der Waals surface area contributed by atoms with Gasteiger partial charge in [-0.25, -0.2) is 4.90 Å². The molecule has 3 aromatic carbocycles. The summed E-state index contributed by atoms with van der Waals surface area (Å²) >= 11 is 6.23. The van der Waals surface area contributed by atoms with Crippen LogP contribution in [0.25, 0.3) is 0 Å². The van der Waals surface area contributed by atoms with Crippen LogP contribution in [0.4, 0.5) is 17.1 Å². The Morgan fingerprint density at radius 3 is 2.03 bits per heavy atom. The topological polar surface area (TPSA) is 78.5 Å². The van der Waals surface area contributed by atoms with E-state index in [1.165, 1.54) is 5.56 Å². The van der Waals surface area contributed by atoms with Gasteiger partial charge in [0.1, 0.15) is 10.7 Å². The van der Waals surface area contributed by atoms with Gasteiger partial charge in [0, 0.05) is 16.9 Å². The predicted octanol–water partition coefficient (Wildman–Crippen LogP) is 6.06. The van der Waals surface area contributed by atoms with E-state index in [1.807, 2.05) is 36.4 Å². The van der Waals surface area contributed by atoms with Crippen molar-refractivity contribution in [3.63, 3.8) is 0 Å². The molecule has 0 saturated carbocycles. The van der Waals surface area contributed by atoms with Gasteiger partial charge >= 0.3 is 0 Å². The molecule has 4 rings (SSSR count). The second-order valence-electron chi connectivity index (χ2n) is 8.59. The lowest BCUT2D eigenvalue weighted by Gasteiger charge is -2.16. The molecule has 0 aromatic heterocycles. The molecule has 178 valence electrons. The Hall–Kier alpha value is -3.90. The van der Waals surface area contributed by atoms with Crippen molar-refractivity contribution in [2.45, 2.75) is 33.1 Å². The van der Waals surface area contributed by atoms with Crippen LogP contribution in [0.5, 0.6) is 0 Å². The van der Waals surface area contributed by atoms with E-state index in [2.05, 4.69) is 31.4 Å². The van der Waals surface area contributed by atoms with Crippen molar-refractivity contribution in [3.8, 4) is 0 Å². The Morgan fingerprint density at radius 1 is 0.857 bits per heavy atom. The predicted molar refractivity (Wildman–Crippen MR) is 140 cm³/mol. The van der Waals surface area contributed by atoms with E-state index in [-0.39, 0.29) is 16.6 Å². The maximum atomic E-state index is 13.0. The van der Waals surface area contributed by atoms with Gasteiger partial charge in [0.25, 0.3) is 17.7 Å². The first kappa shape index (κ1) is 24.2. The van der Waals surface area contributed by atoms with Crippen LogP contribution in [0, 0.1) is 0 Å². The maximum absolute atomic E-state index is 13.0. The number of halogens is 1. The number of nitrogens with zero attached hydrogens (tertiary/aromatic N) is 1. The number of imide groups is 1. The molecule has 0 unspecified atom stereocenters. The average molecular weight is 488 g/mol. The van der Waals surface area contributed by atoms with Crippen LogP contribution in [0.1, 0.15) is 48.2 Å². The number of amides is 3. The number of carbonyl (C=O) groups excluding carboxylic acids is 3. The number of benzene rings is 3. The molecule has 0 fully saturated rings. The zero-order chi connectivity index (χ0) is 25.1. The first-order valence-corrected chi connectivity index (χ1v) is 11.8. The normalized spacial score (nSPS) is 13.6. The van der Waals surface area contributed by atoms with Gasteiger partial charge in [0.05, 0.1) is 5.69 Å². The highest BCUT2D eigenvalue weighted by Crippen LogP contribution is 2.31. The Kier molecular flexibility index (Phi) is 7.03. The third-order valence-corrected chi connectivity index (χ3v) is 6.23. The second-order valence-corrected chi connectivity index (χ2v) is 8.97. The number of hydrogen-bond acceptors (Lipinski definition) is 4. The number of aryl methyl sites for hydroxylation is 1. The summed E-state index contributed by atoms with van der Waals surface area (Å²) in [5.41, 5.74) is 4.44. The second kappa shape index (κ2) is 10.2. The van der Waals surface area contributed by atoms with Crippen molar-refractivity contribution in [3.05, 3.63) is 100 Å². The molecule has 1 heterocycles. The van der Waals surface area contributed by atoms with Crippen molar-refractivity contribution in [1.29, 1.82) is 0 Å². The molecule has 35 heavy (non-hydrogen) atoms. The third-order valence-electron chi connectivity index (χ3n) is 5.88. The highest BCUT2D eigenvalue weighted by Gasteiger charge is 2.39. The monoisotopic (exact) mass is 487 g/mol. The fourth-order valence-electron chi connectivity index (χ4n) is 3.73. The van der Waals surface area contributed by atoms with Gasteiger partial charge in [-0.3, -0.25) is 14.4 Å². The fraction of sp³-hybridized carbons (Fsp3) is 0.179. The molecule has 2 N–H and O–H groups in total. The molecule has 1 aliphatic heterocycles. The molecule has 0 spiro atoms. The minimum atomic E-state index is -0.582. The number of carbonyl (C=O) groups is 3. The lowest BCUT2D eigenvalue weighted by molar-refractivity contribution is -0.120. The first-order chi connectivity index (χ1) is 16.8. The summed E-state index contributed by atoms with van der Waals surface area (Å²) in [5, 5.41) is 5.61. The highest BCUT2D eigenvalue weighted by molar-refractivity contribution is 6.53. The highest BCUT2D eigenvalue weighted by atomic mass is 35.5. The number of anilines is 3. The maximum Gasteiger partial charge on any atom is 0.283 e. The van der Waals surface area contributed by atoms with Crippen LogP contribution in [0.2, 0.25) is 0 Å². The largest absolute Gasteiger partial charge is 0.350 e. The summed E-state index contributed by atoms with van der Waals surface area (Å²) in [6.45, 7) is 6.21. The van der Waals surface area contributed by atoms with Crippen LogP contribution in [0.3, 0.4) is 0 Å². The van der Waals surface area contributed by atoms with E-state index in [1.54, 1.807) is 36.4 Å². The summed E-state index contributed by atoms with van der Waals surface area (Å²) in [5.74, 6) is -1.03.